The normalized spacial score (nSPS) is 20.6. The lowest BCUT2D eigenvalue weighted by Gasteiger charge is -2.38. The molecule has 1 saturated heterocycles. The zero-order valence-electron chi connectivity index (χ0n) is 11.1. The number of halogens is 1. The summed E-state index contributed by atoms with van der Waals surface area (Å²) in [5.41, 5.74) is 7.72. The molecular weight excluding hydrogens is 288 g/mol. The minimum atomic E-state index is 0.226. The lowest BCUT2D eigenvalue weighted by molar-refractivity contribution is 0.140. The molecule has 0 aromatic heterocycles. The Labute approximate surface area is 119 Å². The number of hydrogen-bond donors (Lipinski definition) is 1. The Balaban J connectivity index is 2.20. The molecule has 1 fully saturated rings. The first-order valence-electron chi connectivity index (χ1n) is 6.97. The number of nitrogens with two attached hydrogens (primary N) is 1. The third-order valence-electron chi connectivity index (χ3n) is 3.87. The second-order valence-electron chi connectivity index (χ2n) is 5.17. The summed E-state index contributed by atoms with van der Waals surface area (Å²) in [7, 11) is 0. The van der Waals surface area contributed by atoms with Crippen molar-refractivity contribution in [1.29, 1.82) is 0 Å². The average Bonchev–Trinajstić information content (AvgIpc) is 2.42. The lowest BCUT2D eigenvalue weighted by atomic mass is 9.94. The molecule has 0 amide bonds. The van der Waals surface area contributed by atoms with Crippen LogP contribution in [0.2, 0.25) is 0 Å². The molecule has 0 bridgehead atoms. The van der Waals surface area contributed by atoms with Crippen molar-refractivity contribution in [3.63, 3.8) is 0 Å². The molecule has 0 aliphatic carbocycles. The van der Waals surface area contributed by atoms with Crippen LogP contribution in [-0.4, -0.2) is 24.0 Å². The van der Waals surface area contributed by atoms with E-state index >= 15 is 0 Å². The molecule has 1 aliphatic heterocycles. The monoisotopic (exact) mass is 310 g/mol. The third kappa shape index (κ3) is 3.34. The molecule has 100 valence electrons. The third-order valence-corrected chi connectivity index (χ3v) is 4.40. The molecule has 0 radical (unpaired) electrons. The van der Waals surface area contributed by atoms with Gasteiger partial charge in [0.05, 0.1) is 0 Å². The van der Waals surface area contributed by atoms with Crippen molar-refractivity contribution in [2.45, 2.75) is 44.7 Å². The SMILES string of the molecule is CCC(N)C(c1ccc(Br)cc1)N1CCCCC1. The van der Waals surface area contributed by atoms with E-state index in [1.807, 2.05) is 0 Å². The molecule has 18 heavy (non-hydrogen) atoms. The van der Waals surface area contributed by atoms with E-state index in [-0.39, 0.29) is 6.04 Å². The Bertz CT molecular complexity index is 357. The molecule has 2 unspecified atom stereocenters. The summed E-state index contributed by atoms with van der Waals surface area (Å²) in [6.07, 6.45) is 5.01. The first-order chi connectivity index (χ1) is 8.72. The van der Waals surface area contributed by atoms with Crippen LogP contribution >= 0.6 is 15.9 Å². The first kappa shape index (κ1) is 14.0. The fourth-order valence-corrected chi connectivity index (χ4v) is 3.07. The van der Waals surface area contributed by atoms with Crippen LogP contribution in [0.25, 0.3) is 0 Å². The van der Waals surface area contributed by atoms with Crippen LogP contribution in [0.15, 0.2) is 28.7 Å². The van der Waals surface area contributed by atoms with Crippen molar-refractivity contribution in [1.82, 2.24) is 4.90 Å². The Kier molecular flexibility index (Phi) is 5.22. The van der Waals surface area contributed by atoms with Crippen LogP contribution in [0, 0.1) is 0 Å². The number of benzene rings is 1. The maximum atomic E-state index is 6.36. The second kappa shape index (κ2) is 6.69. The van der Waals surface area contributed by atoms with Crippen molar-refractivity contribution in [3.8, 4) is 0 Å². The van der Waals surface area contributed by atoms with Gasteiger partial charge in [-0.1, -0.05) is 41.4 Å². The van der Waals surface area contributed by atoms with E-state index in [0.717, 1.165) is 10.9 Å². The van der Waals surface area contributed by atoms with Crippen LogP contribution < -0.4 is 5.73 Å². The van der Waals surface area contributed by atoms with Gasteiger partial charge in [-0.25, -0.2) is 0 Å². The highest BCUT2D eigenvalue weighted by molar-refractivity contribution is 9.10. The number of hydrogen-bond acceptors (Lipinski definition) is 2. The Morgan fingerprint density at radius 2 is 1.78 bits per heavy atom. The molecule has 2 nitrogen and oxygen atoms in total. The van der Waals surface area contributed by atoms with Crippen LogP contribution in [-0.2, 0) is 0 Å². The van der Waals surface area contributed by atoms with E-state index in [2.05, 4.69) is 52.0 Å². The number of nitrogens with zero attached hydrogens (tertiary/aromatic N) is 1. The molecule has 2 atom stereocenters. The summed E-state index contributed by atoms with van der Waals surface area (Å²) < 4.78 is 1.13. The van der Waals surface area contributed by atoms with Gasteiger partial charge in [0.15, 0.2) is 0 Å². The van der Waals surface area contributed by atoms with Gasteiger partial charge in [0, 0.05) is 16.6 Å². The van der Waals surface area contributed by atoms with Gasteiger partial charge in [-0.3, -0.25) is 4.90 Å². The standard InChI is InChI=1S/C15H23BrN2/c1-2-14(17)15(18-10-4-3-5-11-18)12-6-8-13(16)9-7-12/h6-9,14-15H,2-5,10-11,17H2,1H3. The predicted molar refractivity (Wildman–Crippen MR) is 80.6 cm³/mol. The molecule has 1 aromatic rings. The van der Waals surface area contributed by atoms with Crippen molar-refractivity contribution in [3.05, 3.63) is 34.3 Å². The summed E-state index contributed by atoms with van der Waals surface area (Å²) in [6.45, 7) is 4.56. The van der Waals surface area contributed by atoms with E-state index in [1.165, 1.54) is 37.9 Å². The van der Waals surface area contributed by atoms with E-state index in [9.17, 15) is 0 Å². The lowest BCUT2D eigenvalue weighted by Crippen LogP contribution is -2.43. The highest BCUT2D eigenvalue weighted by Crippen LogP contribution is 2.28. The summed E-state index contributed by atoms with van der Waals surface area (Å²) in [5, 5.41) is 0. The summed E-state index contributed by atoms with van der Waals surface area (Å²) in [6, 6.07) is 9.26. The van der Waals surface area contributed by atoms with Crippen LogP contribution in [0.5, 0.6) is 0 Å². The molecular formula is C15H23BrN2. The zero-order valence-corrected chi connectivity index (χ0v) is 12.7. The Hall–Kier alpha value is -0.380. The Morgan fingerprint density at radius 3 is 2.33 bits per heavy atom. The first-order valence-corrected chi connectivity index (χ1v) is 7.76. The summed E-state index contributed by atoms with van der Waals surface area (Å²) in [4.78, 5) is 2.57. The largest absolute Gasteiger partial charge is 0.326 e. The van der Waals surface area contributed by atoms with Gasteiger partial charge in [0.2, 0.25) is 0 Å². The molecule has 3 heteroatoms. The quantitative estimate of drug-likeness (QED) is 0.918. The van der Waals surface area contributed by atoms with Crippen LogP contribution in [0.3, 0.4) is 0 Å². The van der Waals surface area contributed by atoms with E-state index in [0.29, 0.717) is 6.04 Å². The van der Waals surface area contributed by atoms with Crippen molar-refractivity contribution >= 4 is 15.9 Å². The van der Waals surface area contributed by atoms with Gasteiger partial charge in [-0.2, -0.15) is 0 Å². The number of rotatable bonds is 4. The minimum Gasteiger partial charge on any atom is -0.326 e. The smallest absolute Gasteiger partial charge is 0.0499 e. The van der Waals surface area contributed by atoms with E-state index in [1.54, 1.807) is 0 Å². The van der Waals surface area contributed by atoms with Crippen molar-refractivity contribution < 1.29 is 0 Å². The fourth-order valence-electron chi connectivity index (χ4n) is 2.81. The molecule has 2 rings (SSSR count). The van der Waals surface area contributed by atoms with Gasteiger partial charge in [0.1, 0.15) is 0 Å². The Morgan fingerprint density at radius 1 is 1.17 bits per heavy atom. The molecule has 0 saturated carbocycles. The molecule has 0 spiro atoms. The van der Waals surface area contributed by atoms with Gasteiger partial charge >= 0.3 is 0 Å². The van der Waals surface area contributed by atoms with E-state index < -0.39 is 0 Å². The van der Waals surface area contributed by atoms with Gasteiger partial charge in [-0.15, -0.1) is 0 Å². The van der Waals surface area contributed by atoms with Crippen LogP contribution in [0.1, 0.15) is 44.2 Å². The summed E-state index contributed by atoms with van der Waals surface area (Å²) in [5.74, 6) is 0. The maximum absolute atomic E-state index is 6.36. The second-order valence-corrected chi connectivity index (χ2v) is 6.08. The minimum absolute atomic E-state index is 0.226. The summed E-state index contributed by atoms with van der Waals surface area (Å²) >= 11 is 3.50. The molecule has 1 heterocycles. The number of piperidine rings is 1. The predicted octanol–water partition coefficient (Wildman–Crippen LogP) is 3.71. The van der Waals surface area contributed by atoms with Crippen LogP contribution in [0.4, 0.5) is 0 Å². The molecule has 2 N–H and O–H groups in total. The molecule has 1 aromatic carbocycles. The number of likely N-dealkylation sites (tertiary alicyclic amines) is 1. The van der Waals surface area contributed by atoms with Gasteiger partial charge < -0.3 is 5.73 Å². The highest BCUT2D eigenvalue weighted by atomic mass is 79.9. The van der Waals surface area contributed by atoms with Crippen molar-refractivity contribution in [2.75, 3.05) is 13.1 Å². The zero-order chi connectivity index (χ0) is 13.0. The van der Waals surface area contributed by atoms with Gasteiger partial charge in [0.25, 0.3) is 0 Å². The molecule has 1 aliphatic rings. The fraction of sp³-hybridized carbons (Fsp3) is 0.600. The van der Waals surface area contributed by atoms with Gasteiger partial charge in [-0.05, 0) is 50.0 Å². The highest BCUT2D eigenvalue weighted by Gasteiger charge is 2.26. The van der Waals surface area contributed by atoms with E-state index in [4.69, 9.17) is 5.73 Å². The average molecular weight is 311 g/mol. The topological polar surface area (TPSA) is 29.3 Å². The van der Waals surface area contributed by atoms with Crippen molar-refractivity contribution in [2.24, 2.45) is 5.73 Å². The maximum Gasteiger partial charge on any atom is 0.0499 e.